The highest BCUT2D eigenvalue weighted by Crippen LogP contribution is 2.39. The Kier molecular flexibility index (Phi) is 5.44. The van der Waals surface area contributed by atoms with Gasteiger partial charge >= 0.3 is 6.18 Å². The number of fused-ring (bicyclic) bond motifs is 1. The molecule has 3 heterocycles. The van der Waals surface area contributed by atoms with Gasteiger partial charge in [0.05, 0.1) is 19.3 Å². The van der Waals surface area contributed by atoms with Crippen molar-refractivity contribution >= 4 is 11.8 Å². The summed E-state index contributed by atoms with van der Waals surface area (Å²) in [5, 5.41) is 0. The number of hydrogen-bond acceptors (Lipinski definition) is 5. The summed E-state index contributed by atoms with van der Waals surface area (Å²) in [6.07, 6.45) is -4.77. The topological polar surface area (TPSA) is 50.6 Å². The number of hydrogen-bond donors (Lipinski definition) is 0. The first-order chi connectivity index (χ1) is 14.3. The van der Waals surface area contributed by atoms with Crippen molar-refractivity contribution in [2.75, 3.05) is 36.1 Å². The third kappa shape index (κ3) is 3.88. The van der Waals surface area contributed by atoms with E-state index in [2.05, 4.69) is 4.98 Å². The van der Waals surface area contributed by atoms with Crippen molar-refractivity contribution in [2.45, 2.75) is 38.1 Å². The molecule has 1 saturated heterocycles. The van der Waals surface area contributed by atoms with Gasteiger partial charge in [-0.3, -0.25) is 9.36 Å². The van der Waals surface area contributed by atoms with Gasteiger partial charge in [0.2, 0.25) is 5.95 Å². The predicted octanol–water partition coefficient (Wildman–Crippen LogP) is 3.12. The maximum atomic E-state index is 13.9. The minimum Gasteiger partial charge on any atom is -0.378 e. The second-order valence-corrected chi connectivity index (χ2v) is 7.48. The molecule has 0 N–H and O–H groups in total. The first kappa shape index (κ1) is 20.6. The smallest absolute Gasteiger partial charge is 0.378 e. The van der Waals surface area contributed by atoms with Gasteiger partial charge in [-0.1, -0.05) is 12.1 Å². The van der Waals surface area contributed by atoms with E-state index >= 15 is 0 Å². The van der Waals surface area contributed by atoms with Crippen LogP contribution < -0.4 is 15.4 Å². The van der Waals surface area contributed by atoms with Gasteiger partial charge in [-0.2, -0.15) is 18.2 Å². The molecular formula is C20H22F4N4O2. The number of halogens is 4. The van der Waals surface area contributed by atoms with Gasteiger partial charge in [-0.25, -0.2) is 4.39 Å². The summed E-state index contributed by atoms with van der Waals surface area (Å²) in [6.45, 7) is 3.47. The number of ether oxygens (including phenoxy) is 1. The Balaban J connectivity index is 1.81. The summed E-state index contributed by atoms with van der Waals surface area (Å²) in [4.78, 5) is 20.2. The molecule has 30 heavy (non-hydrogen) atoms. The number of anilines is 2. The Morgan fingerprint density at radius 1 is 1.13 bits per heavy atom. The lowest BCUT2D eigenvalue weighted by Crippen LogP contribution is -2.53. The lowest BCUT2D eigenvalue weighted by atomic mass is 10.0. The molecule has 0 radical (unpaired) electrons. The van der Waals surface area contributed by atoms with Crippen molar-refractivity contribution in [2.24, 2.45) is 0 Å². The van der Waals surface area contributed by atoms with Crippen molar-refractivity contribution in [3.05, 3.63) is 52.1 Å². The average Bonchev–Trinajstić information content (AvgIpc) is 2.73. The molecule has 1 fully saturated rings. The number of nitrogens with zero attached hydrogens (tertiary/aromatic N) is 4. The molecule has 2 aromatic rings. The average molecular weight is 426 g/mol. The van der Waals surface area contributed by atoms with Crippen molar-refractivity contribution in [1.82, 2.24) is 9.55 Å². The van der Waals surface area contributed by atoms with Crippen LogP contribution in [-0.4, -0.2) is 48.1 Å². The maximum absolute atomic E-state index is 13.9. The highest BCUT2D eigenvalue weighted by Gasteiger charge is 2.48. The highest BCUT2D eigenvalue weighted by molar-refractivity contribution is 5.48. The summed E-state index contributed by atoms with van der Waals surface area (Å²) in [5.74, 6) is -0.149. The van der Waals surface area contributed by atoms with Crippen LogP contribution in [0, 0.1) is 5.82 Å². The van der Waals surface area contributed by atoms with Crippen LogP contribution in [0.2, 0.25) is 0 Å². The van der Waals surface area contributed by atoms with Gasteiger partial charge in [0.25, 0.3) is 5.56 Å². The molecule has 2 aliphatic heterocycles. The number of rotatable bonds is 3. The van der Waals surface area contributed by atoms with E-state index in [1.54, 1.807) is 6.92 Å². The fourth-order valence-corrected chi connectivity index (χ4v) is 4.04. The molecule has 6 nitrogen and oxygen atoms in total. The Bertz CT molecular complexity index is 955. The second kappa shape index (κ2) is 7.90. The van der Waals surface area contributed by atoms with Crippen molar-refractivity contribution < 1.29 is 22.3 Å². The maximum Gasteiger partial charge on any atom is 0.408 e. The third-order valence-corrected chi connectivity index (χ3v) is 5.65. The number of morpholine rings is 1. The van der Waals surface area contributed by atoms with Crippen molar-refractivity contribution in [3.8, 4) is 0 Å². The lowest BCUT2D eigenvalue weighted by molar-refractivity contribution is -0.154. The van der Waals surface area contributed by atoms with Crippen LogP contribution in [0.25, 0.3) is 0 Å². The van der Waals surface area contributed by atoms with Gasteiger partial charge in [0.1, 0.15) is 17.7 Å². The SMILES string of the molecule is CC(c1ccc(F)cc1)N1c2nc(N3CCOCC3)cc(=O)n2CC[C@H]1C(F)(F)F. The van der Waals surface area contributed by atoms with Gasteiger partial charge in [-0.05, 0) is 31.0 Å². The molecule has 0 bridgehead atoms. The monoisotopic (exact) mass is 426 g/mol. The summed E-state index contributed by atoms with van der Waals surface area (Å²) in [5.41, 5.74) is 0.114. The van der Waals surface area contributed by atoms with Crippen LogP contribution in [0.1, 0.15) is 24.9 Å². The molecule has 10 heteroatoms. The van der Waals surface area contributed by atoms with E-state index in [1.165, 1.54) is 34.9 Å². The van der Waals surface area contributed by atoms with E-state index in [9.17, 15) is 22.4 Å². The lowest BCUT2D eigenvalue weighted by Gasteiger charge is -2.43. The van der Waals surface area contributed by atoms with E-state index in [4.69, 9.17) is 4.74 Å². The summed E-state index contributed by atoms with van der Waals surface area (Å²) < 4.78 is 61.7. The Morgan fingerprint density at radius 3 is 2.43 bits per heavy atom. The minimum atomic E-state index is -4.51. The molecule has 0 aliphatic carbocycles. The van der Waals surface area contributed by atoms with E-state index in [0.29, 0.717) is 37.7 Å². The molecule has 162 valence electrons. The molecule has 4 rings (SSSR count). The molecule has 1 aromatic heterocycles. The second-order valence-electron chi connectivity index (χ2n) is 7.48. The van der Waals surface area contributed by atoms with E-state index < -0.39 is 29.6 Å². The largest absolute Gasteiger partial charge is 0.408 e. The fraction of sp³-hybridized carbons (Fsp3) is 0.500. The van der Waals surface area contributed by atoms with Crippen molar-refractivity contribution in [1.29, 1.82) is 0 Å². The summed E-state index contributed by atoms with van der Waals surface area (Å²) >= 11 is 0. The zero-order valence-electron chi connectivity index (χ0n) is 16.4. The first-order valence-corrected chi connectivity index (χ1v) is 9.81. The molecular weight excluding hydrogens is 404 g/mol. The zero-order chi connectivity index (χ0) is 21.5. The predicted molar refractivity (Wildman–Crippen MR) is 103 cm³/mol. The fourth-order valence-electron chi connectivity index (χ4n) is 4.04. The van der Waals surface area contributed by atoms with Crippen LogP contribution in [0.5, 0.6) is 0 Å². The Morgan fingerprint density at radius 2 is 1.80 bits per heavy atom. The van der Waals surface area contributed by atoms with Crippen LogP contribution >= 0.6 is 0 Å². The molecule has 2 aliphatic rings. The quantitative estimate of drug-likeness (QED) is 0.706. The van der Waals surface area contributed by atoms with Crippen LogP contribution in [0.4, 0.5) is 29.3 Å². The molecule has 0 spiro atoms. The third-order valence-electron chi connectivity index (χ3n) is 5.65. The van der Waals surface area contributed by atoms with Crippen LogP contribution in [-0.2, 0) is 11.3 Å². The normalized spacial score (nSPS) is 20.8. The standard InChI is InChI=1S/C20H22F4N4O2/c1-13(14-2-4-15(21)5-3-14)28-16(20(22,23)24)6-7-27-18(29)12-17(25-19(27)28)26-8-10-30-11-9-26/h2-5,12-13,16H,6-11H2,1H3/t13?,16-/m0/s1. The highest BCUT2D eigenvalue weighted by atomic mass is 19.4. The zero-order valence-corrected chi connectivity index (χ0v) is 16.4. The van der Waals surface area contributed by atoms with Gasteiger partial charge in [0.15, 0.2) is 0 Å². The summed E-state index contributed by atoms with van der Waals surface area (Å²) in [7, 11) is 0. The van der Waals surface area contributed by atoms with E-state index in [0.717, 1.165) is 4.90 Å². The van der Waals surface area contributed by atoms with Gasteiger partial charge in [-0.15, -0.1) is 0 Å². The molecule has 0 amide bonds. The first-order valence-electron chi connectivity index (χ1n) is 9.81. The van der Waals surface area contributed by atoms with Gasteiger partial charge in [0, 0.05) is 25.7 Å². The van der Waals surface area contributed by atoms with Crippen molar-refractivity contribution in [3.63, 3.8) is 0 Å². The van der Waals surface area contributed by atoms with E-state index in [1.807, 2.05) is 4.90 Å². The minimum absolute atomic E-state index is 0.0191. The Labute approximate surface area is 170 Å². The molecule has 0 saturated carbocycles. The number of alkyl halides is 3. The van der Waals surface area contributed by atoms with Gasteiger partial charge < -0.3 is 14.5 Å². The Hall–Kier alpha value is -2.62. The molecule has 1 aromatic carbocycles. The van der Waals surface area contributed by atoms with Crippen LogP contribution in [0.15, 0.2) is 35.1 Å². The van der Waals surface area contributed by atoms with Crippen LogP contribution in [0.3, 0.4) is 0 Å². The molecule has 1 unspecified atom stereocenters. The summed E-state index contributed by atoms with van der Waals surface area (Å²) in [6, 6.07) is 4.13. The molecule has 2 atom stereocenters. The number of aromatic nitrogens is 2. The number of benzene rings is 1. The van der Waals surface area contributed by atoms with E-state index in [-0.39, 0.29) is 18.9 Å².